The molecule has 2 aliphatic rings. The molecule has 6 rings (SSSR count). The van der Waals surface area contributed by atoms with Crippen molar-refractivity contribution < 1.29 is 40.6 Å². The van der Waals surface area contributed by atoms with Gasteiger partial charge in [0.25, 0.3) is 15.9 Å². The first kappa shape index (κ1) is 32.6. The van der Waals surface area contributed by atoms with Crippen LogP contribution in [0.4, 0.5) is 24.5 Å². The summed E-state index contributed by atoms with van der Waals surface area (Å²) in [5.41, 5.74) is -1.68. The summed E-state index contributed by atoms with van der Waals surface area (Å²) in [4.78, 5) is 20.5. The minimum absolute atomic E-state index is 0.0110. The lowest BCUT2D eigenvalue weighted by Gasteiger charge is -2.32. The number of hydrogen-bond donors (Lipinski definition) is 1. The number of halogens is 3. The Bertz CT molecular complexity index is 2000. The fourth-order valence-corrected chi connectivity index (χ4v) is 7.37. The van der Waals surface area contributed by atoms with Gasteiger partial charge in [-0.3, -0.25) is 4.79 Å². The minimum atomic E-state index is -5.23. The first-order valence-electron chi connectivity index (χ1n) is 14.8. The fourth-order valence-electron chi connectivity index (χ4n) is 5.79. The number of anilines is 2. The maximum atomic E-state index is 15.0. The van der Waals surface area contributed by atoms with Gasteiger partial charge in [-0.05, 0) is 73.7 Å². The smallest absolute Gasteiger partial charge is 0.478 e. The number of para-hydroxylation sites is 1. The number of aromatic nitrogens is 1. The Hall–Kier alpha value is -5.33. The topological polar surface area (TPSA) is 134 Å². The molecule has 1 aromatic heterocycles. The lowest BCUT2D eigenvalue weighted by molar-refractivity contribution is -0.275. The molecule has 1 N–H and O–H groups in total. The summed E-state index contributed by atoms with van der Waals surface area (Å²) in [6.45, 7) is 4.95. The van der Waals surface area contributed by atoms with E-state index in [2.05, 4.69) is 19.9 Å². The van der Waals surface area contributed by atoms with Gasteiger partial charge in [-0.1, -0.05) is 12.1 Å². The number of hydrogen-bond acceptors (Lipinski definition) is 10. The molecule has 3 heterocycles. The number of piperazine rings is 1. The first-order chi connectivity index (χ1) is 23.0. The molecule has 15 heteroatoms. The number of alkyl halides is 3. The molecule has 1 amide bonds. The highest BCUT2D eigenvalue weighted by molar-refractivity contribution is 7.93. The summed E-state index contributed by atoms with van der Waals surface area (Å²) in [6.07, 6.45) is -3.82. The number of nitrogens with zero attached hydrogens (tertiary/aromatic N) is 4. The van der Waals surface area contributed by atoms with Crippen LogP contribution in [0.25, 0.3) is 0 Å². The van der Waals surface area contributed by atoms with E-state index in [1.807, 2.05) is 6.07 Å². The second kappa shape index (κ2) is 12.7. The highest BCUT2D eigenvalue weighted by Crippen LogP contribution is 2.52. The Kier molecular flexibility index (Phi) is 8.63. The van der Waals surface area contributed by atoms with Crippen LogP contribution in [0.1, 0.15) is 23.6 Å². The maximum Gasteiger partial charge on any atom is 0.573 e. The number of nitrogens with one attached hydrogen (secondary N) is 1. The Labute approximate surface area is 274 Å². The Morgan fingerprint density at radius 2 is 1.73 bits per heavy atom. The van der Waals surface area contributed by atoms with E-state index in [1.54, 1.807) is 31.2 Å². The largest absolute Gasteiger partial charge is 0.573 e. The number of carbonyl (C=O) groups is 1. The number of amides is 1. The fraction of sp³-hybridized carbons (Fsp3) is 0.242. The summed E-state index contributed by atoms with van der Waals surface area (Å²) in [5, 5.41) is 13.1. The highest BCUT2D eigenvalue weighted by Gasteiger charge is 2.60. The number of benzene rings is 3. The highest BCUT2D eigenvalue weighted by atomic mass is 32.2. The molecular formula is C33H28F3N5O6S. The summed E-state index contributed by atoms with van der Waals surface area (Å²) >= 11 is 0. The molecule has 3 aromatic carbocycles. The van der Waals surface area contributed by atoms with Crippen molar-refractivity contribution in [2.75, 3.05) is 42.0 Å². The van der Waals surface area contributed by atoms with Crippen LogP contribution in [-0.4, -0.2) is 58.5 Å². The molecule has 2 aliphatic heterocycles. The zero-order valence-electron chi connectivity index (χ0n) is 25.4. The van der Waals surface area contributed by atoms with Crippen molar-refractivity contribution in [3.8, 4) is 23.4 Å². The van der Waals surface area contributed by atoms with Gasteiger partial charge in [-0.25, -0.2) is 13.4 Å². The SMILES string of the molecule is CCOc1ncccc1C1(Oc2ccc(N3CCNCC3)cc2)C(=O)N(S(=O)(=O)c2ccccc2OC(F)(F)F)c2ccc(C#N)cc21. The number of pyridine rings is 1. The lowest BCUT2D eigenvalue weighted by Crippen LogP contribution is -2.48. The van der Waals surface area contributed by atoms with Gasteiger partial charge in [-0.15, -0.1) is 13.2 Å². The average molecular weight is 680 g/mol. The van der Waals surface area contributed by atoms with Crippen LogP contribution in [0.15, 0.2) is 90.0 Å². The van der Waals surface area contributed by atoms with Gasteiger partial charge in [0.05, 0.1) is 29.5 Å². The number of ether oxygens (including phenoxy) is 3. The Morgan fingerprint density at radius 3 is 2.42 bits per heavy atom. The van der Waals surface area contributed by atoms with Crippen molar-refractivity contribution in [3.63, 3.8) is 0 Å². The van der Waals surface area contributed by atoms with Gasteiger partial charge in [0.1, 0.15) is 16.4 Å². The molecule has 1 saturated heterocycles. The van der Waals surface area contributed by atoms with E-state index in [-0.39, 0.29) is 40.6 Å². The van der Waals surface area contributed by atoms with Crippen molar-refractivity contribution in [1.29, 1.82) is 5.26 Å². The van der Waals surface area contributed by atoms with E-state index < -0.39 is 38.5 Å². The third-order valence-corrected chi connectivity index (χ3v) is 9.56. The molecule has 4 aromatic rings. The number of fused-ring (bicyclic) bond motifs is 1. The molecule has 11 nitrogen and oxygen atoms in total. The zero-order chi connectivity index (χ0) is 34.1. The normalized spacial score (nSPS) is 17.9. The van der Waals surface area contributed by atoms with Crippen LogP contribution in [0, 0.1) is 11.3 Å². The van der Waals surface area contributed by atoms with Gasteiger partial charge in [0, 0.05) is 43.6 Å². The number of rotatable bonds is 9. The lowest BCUT2D eigenvalue weighted by atomic mass is 9.86. The number of sulfonamides is 1. The maximum absolute atomic E-state index is 15.0. The predicted molar refractivity (Wildman–Crippen MR) is 167 cm³/mol. The predicted octanol–water partition coefficient (Wildman–Crippen LogP) is 4.72. The molecule has 1 unspecified atom stereocenters. The van der Waals surface area contributed by atoms with Crippen LogP contribution in [0.5, 0.6) is 17.4 Å². The van der Waals surface area contributed by atoms with E-state index in [1.165, 1.54) is 48.7 Å². The van der Waals surface area contributed by atoms with E-state index in [9.17, 15) is 31.6 Å². The molecule has 0 saturated carbocycles. The van der Waals surface area contributed by atoms with Crippen molar-refractivity contribution in [2.45, 2.75) is 23.8 Å². The molecule has 0 spiro atoms. The van der Waals surface area contributed by atoms with E-state index in [4.69, 9.17) is 9.47 Å². The molecule has 0 bridgehead atoms. The molecule has 0 aliphatic carbocycles. The van der Waals surface area contributed by atoms with Crippen LogP contribution < -0.4 is 28.7 Å². The number of carbonyl (C=O) groups excluding carboxylic acids is 1. The van der Waals surface area contributed by atoms with Gasteiger partial charge in [0.2, 0.25) is 11.5 Å². The van der Waals surface area contributed by atoms with E-state index in [0.717, 1.165) is 44.0 Å². The van der Waals surface area contributed by atoms with Crippen molar-refractivity contribution in [2.24, 2.45) is 0 Å². The van der Waals surface area contributed by atoms with E-state index in [0.29, 0.717) is 4.31 Å². The minimum Gasteiger partial charge on any atom is -0.478 e. The molecule has 248 valence electrons. The summed E-state index contributed by atoms with van der Waals surface area (Å²) < 4.78 is 85.6. The second-order valence-electron chi connectivity index (χ2n) is 10.7. The monoisotopic (exact) mass is 679 g/mol. The average Bonchev–Trinajstić information content (AvgIpc) is 3.32. The molecule has 0 radical (unpaired) electrons. The Morgan fingerprint density at radius 1 is 1.00 bits per heavy atom. The van der Waals surface area contributed by atoms with Crippen LogP contribution in [0.2, 0.25) is 0 Å². The molecule has 1 atom stereocenters. The van der Waals surface area contributed by atoms with Crippen molar-refractivity contribution >= 4 is 27.3 Å². The van der Waals surface area contributed by atoms with E-state index >= 15 is 0 Å². The summed E-state index contributed by atoms with van der Waals surface area (Å²) in [5.74, 6) is -2.14. The van der Waals surface area contributed by atoms with Crippen molar-refractivity contribution in [1.82, 2.24) is 10.3 Å². The van der Waals surface area contributed by atoms with Gasteiger partial charge < -0.3 is 24.4 Å². The molecular weight excluding hydrogens is 651 g/mol. The molecule has 48 heavy (non-hydrogen) atoms. The third-order valence-electron chi connectivity index (χ3n) is 7.82. The van der Waals surface area contributed by atoms with Crippen LogP contribution >= 0.6 is 0 Å². The third kappa shape index (κ3) is 5.84. The first-order valence-corrected chi connectivity index (χ1v) is 16.3. The van der Waals surface area contributed by atoms with Crippen LogP contribution in [-0.2, 0) is 20.4 Å². The van der Waals surface area contributed by atoms with Crippen LogP contribution in [0.3, 0.4) is 0 Å². The Balaban J connectivity index is 1.57. The van der Waals surface area contributed by atoms with Gasteiger partial charge >= 0.3 is 6.36 Å². The van der Waals surface area contributed by atoms with Crippen molar-refractivity contribution in [3.05, 3.63) is 102 Å². The second-order valence-corrected chi connectivity index (χ2v) is 12.5. The quantitative estimate of drug-likeness (QED) is 0.265. The zero-order valence-corrected chi connectivity index (χ0v) is 26.2. The van der Waals surface area contributed by atoms with Gasteiger partial charge in [-0.2, -0.15) is 9.57 Å². The van der Waals surface area contributed by atoms with Gasteiger partial charge in [0.15, 0.2) is 0 Å². The number of nitriles is 1. The summed E-state index contributed by atoms with van der Waals surface area (Å²) in [7, 11) is -5.12. The molecule has 1 fully saturated rings. The standard InChI is InChI=1S/C33H28F3N5O6S/c1-2-45-30-25(6-5-15-39-30)32(46-24-12-10-23(11-13-24)40-18-16-38-17-19-40)26-20-22(21-37)9-14-27(26)41(31(32)42)48(43,44)29-8-4-3-7-28(29)47-33(34,35)36/h3-15,20,38H,2,16-19H2,1H3. The summed E-state index contributed by atoms with van der Waals surface area (Å²) in [6, 6.07) is 19.7.